The van der Waals surface area contributed by atoms with Crippen LogP contribution < -0.4 is 5.32 Å². The van der Waals surface area contributed by atoms with Crippen molar-refractivity contribution in [2.75, 3.05) is 5.32 Å². The first-order chi connectivity index (χ1) is 15.5. The zero-order valence-electron chi connectivity index (χ0n) is 17.9. The smallest absolute Gasteiger partial charge is 0.269 e. The Morgan fingerprint density at radius 3 is 2.22 bits per heavy atom. The largest absolute Gasteiger partial charge is 0.341 e. The fourth-order valence-electron chi connectivity index (χ4n) is 3.81. The lowest BCUT2D eigenvalue weighted by molar-refractivity contribution is -0.384. The van der Waals surface area contributed by atoms with Crippen LogP contribution in [0.4, 0.5) is 17.2 Å². The number of nitro benzene ring substituents is 1. The Balaban J connectivity index is 1.85. The molecular weight excluding hydrogens is 400 g/mol. The monoisotopic (exact) mass is 422 g/mol. The van der Waals surface area contributed by atoms with Crippen LogP contribution in [0.15, 0.2) is 78.9 Å². The first-order valence-corrected chi connectivity index (χ1v) is 10.2. The molecule has 158 valence electrons. The maximum atomic E-state index is 11.0. The number of anilines is 2. The highest BCUT2D eigenvalue weighted by atomic mass is 16.6. The van der Waals surface area contributed by atoms with E-state index in [1.54, 1.807) is 12.1 Å². The Labute approximate surface area is 186 Å². The lowest BCUT2D eigenvalue weighted by Gasteiger charge is -2.18. The van der Waals surface area contributed by atoms with Gasteiger partial charge in [0.2, 0.25) is 0 Å². The van der Waals surface area contributed by atoms with Gasteiger partial charge in [0.05, 0.1) is 11.5 Å². The number of nitro groups is 1. The van der Waals surface area contributed by atoms with Gasteiger partial charge >= 0.3 is 0 Å². The van der Waals surface area contributed by atoms with Crippen molar-refractivity contribution in [2.24, 2.45) is 0 Å². The number of benzene rings is 3. The molecule has 0 saturated heterocycles. The number of non-ortho nitro benzene ring substituents is 1. The fourth-order valence-corrected chi connectivity index (χ4v) is 3.81. The molecule has 0 amide bonds. The maximum absolute atomic E-state index is 11.0. The molecule has 4 aromatic rings. The predicted octanol–water partition coefficient (Wildman–Crippen LogP) is 6.34. The van der Waals surface area contributed by atoms with Crippen LogP contribution in [0.2, 0.25) is 0 Å². The minimum Gasteiger partial charge on any atom is -0.341 e. The number of rotatable bonds is 6. The highest BCUT2D eigenvalue weighted by Crippen LogP contribution is 2.36. The van der Waals surface area contributed by atoms with Gasteiger partial charge in [-0.2, -0.15) is 5.26 Å². The molecule has 1 heterocycles. The normalized spacial score (nSPS) is 10.5. The van der Waals surface area contributed by atoms with E-state index >= 15 is 0 Å². The minimum absolute atomic E-state index is 0.0422. The van der Waals surface area contributed by atoms with Crippen LogP contribution in [0.5, 0.6) is 0 Å². The quantitative estimate of drug-likeness (QED) is 0.290. The second kappa shape index (κ2) is 8.78. The van der Waals surface area contributed by atoms with Gasteiger partial charge in [0.25, 0.3) is 5.69 Å². The SMILES string of the molecule is Cc1cccc(C)c1Nc1c(-c2ccccc2)cc(C#N)n1Cc1ccc([N+](=O)[O-])cc1. The maximum Gasteiger partial charge on any atom is 0.269 e. The topological polar surface area (TPSA) is 83.9 Å². The molecule has 4 rings (SSSR count). The third-order valence-electron chi connectivity index (χ3n) is 5.51. The van der Waals surface area contributed by atoms with Gasteiger partial charge < -0.3 is 9.88 Å². The molecular formula is C26H22N4O2. The molecule has 32 heavy (non-hydrogen) atoms. The van der Waals surface area contributed by atoms with Gasteiger partial charge in [-0.1, -0.05) is 60.7 Å². The van der Waals surface area contributed by atoms with Crippen LogP contribution in [0.25, 0.3) is 11.1 Å². The van der Waals surface area contributed by atoms with E-state index in [-0.39, 0.29) is 5.69 Å². The number of nitrogens with zero attached hydrogens (tertiary/aromatic N) is 3. The average Bonchev–Trinajstić information content (AvgIpc) is 3.14. The number of nitrogens with one attached hydrogen (secondary N) is 1. The average molecular weight is 422 g/mol. The number of hydrogen-bond acceptors (Lipinski definition) is 4. The zero-order valence-corrected chi connectivity index (χ0v) is 17.9. The van der Waals surface area contributed by atoms with Gasteiger partial charge in [-0.05, 0) is 42.2 Å². The van der Waals surface area contributed by atoms with Crippen LogP contribution in [0.3, 0.4) is 0 Å². The molecule has 0 aliphatic heterocycles. The Morgan fingerprint density at radius 1 is 0.969 bits per heavy atom. The summed E-state index contributed by atoms with van der Waals surface area (Å²) in [5.41, 5.74) is 6.55. The lowest BCUT2D eigenvalue weighted by Crippen LogP contribution is -2.08. The molecule has 6 heteroatoms. The third kappa shape index (κ3) is 4.09. The highest BCUT2D eigenvalue weighted by molar-refractivity contribution is 5.82. The molecule has 6 nitrogen and oxygen atoms in total. The summed E-state index contributed by atoms with van der Waals surface area (Å²) in [7, 11) is 0. The summed E-state index contributed by atoms with van der Waals surface area (Å²) in [6.45, 7) is 4.50. The summed E-state index contributed by atoms with van der Waals surface area (Å²) < 4.78 is 1.93. The Kier molecular flexibility index (Phi) is 5.73. The van der Waals surface area contributed by atoms with Gasteiger partial charge in [0.15, 0.2) is 0 Å². The predicted molar refractivity (Wildman–Crippen MR) is 126 cm³/mol. The Bertz CT molecular complexity index is 1300. The number of aryl methyl sites for hydroxylation is 2. The summed E-state index contributed by atoms with van der Waals surface area (Å²) in [5, 5.41) is 24.5. The van der Waals surface area contributed by atoms with Crippen LogP contribution in [0, 0.1) is 35.3 Å². The van der Waals surface area contributed by atoms with Crippen molar-refractivity contribution in [3.05, 3.63) is 111 Å². The third-order valence-corrected chi connectivity index (χ3v) is 5.51. The standard InChI is InChI=1S/C26H22N4O2/c1-18-7-6-8-19(2)25(18)28-26-24(21-9-4-3-5-10-21)15-23(16-27)29(26)17-20-11-13-22(14-12-20)30(31)32/h3-15,28H,17H2,1-2H3. The van der Waals surface area contributed by atoms with E-state index in [2.05, 4.69) is 11.4 Å². The van der Waals surface area contributed by atoms with Crippen LogP contribution >= 0.6 is 0 Å². The summed E-state index contributed by atoms with van der Waals surface area (Å²) in [5.74, 6) is 0.809. The van der Waals surface area contributed by atoms with Crippen molar-refractivity contribution >= 4 is 17.2 Å². The summed E-state index contributed by atoms with van der Waals surface area (Å²) in [6.07, 6.45) is 0. The van der Waals surface area contributed by atoms with Crippen LogP contribution in [-0.2, 0) is 6.54 Å². The first-order valence-electron chi connectivity index (χ1n) is 10.2. The molecule has 0 saturated carbocycles. The van der Waals surface area contributed by atoms with Crippen molar-refractivity contribution < 1.29 is 4.92 Å². The van der Waals surface area contributed by atoms with Gasteiger partial charge in [-0.3, -0.25) is 10.1 Å². The van der Waals surface area contributed by atoms with Crippen LogP contribution in [-0.4, -0.2) is 9.49 Å². The number of para-hydroxylation sites is 1. The molecule has 0 unspecified atom stereocenters. The van der Waals surface area contributed by atoms with E-state index in [9.17, 15) is 15.4 Å². The molecule has 0 atom stereocenters. The van der Waals surface area contributed by atoms with E-state index in [1.807, 2.05) is 73.0 Å². The molecule has 3 aromatic carbocycles. The molecule has 1 N–H and O–H groups in total. The second-order valence-electron chi connectivity index (χ2n) is 7.67. The van der Waals surface area contributed by atoms with E-state index in [0.717, 1.165) is 39.3 Å². The summed E-state index contributed by atoms with van der Waals surface area (Å²) in [4.78, 5) is 10.6. The van der Waals surface area contributed by atoms with E-state index in [4.69, 9.17) is 0 Å². The summed E-state index contributed by atoms with van der Waals surface area (Å²) in [6, 6.07) is 26.7. The van der Waals surface area contributed by atoms with E-state index < -0.39 is 4.92 Å². The Hall–Kier alpha value is -4.37. The lowest BCUT2D eigenvalue weighted by atomic mass is 10.1. The van der Waals surface area contributed by atoms with Gasteiger partial charge in [0.1, 0.15) is 17.6 Å². The number of hydrogen-bond donors (Lipinski definition) is 1. The summed E-state index contributed by atoms with van der Waals surface area (Å²) >= 11 is 0. The number of nitriles is 1. The molecule has 0 fully saturated rings. The zero-order chi connectivity index (χ0) is 22.7. The van der Waals surface area contributed by atoms with Crippen molar-refractivity contribution in [1.82, 2.24) is 4.57 Å². The van der Waals surface area contributed by atoms with Crippen LogP contribution in [0.1, 0.15) is 22.4 Å². The molecule has 0 radical (unpaired) electrons. The molecule has 0 spiro atoms. The molecule has 0 aliphatic rings. The highest BCUT2D eigenvalue weighted by Gasteiger charge is 2.19. The molecule has 0 aliphatic carbocycles. The number of aromatic nitrogens is 1. The first kappa shape index (κ1) is 20.9. The van der Waals surface area contributed by atoms with Crippen molar-refractivity contribution in [3.63, 3.8) is 0 Å². The van der Waals surface area contributed by atoms with Gasteiger partial charge in [0, 0.05) is 23.4 Å². The Morgan fingerprint density at radius 2 is 1.62 bits per heavy atom. The van der Waals surface area contributed by atoms with Crippen molar-refractivity contribution in [3.8, 4) is 17.2 Å². The van der Waals surface area contributed by atoms with E-state index in [1.165, 1.54) is 12.1 Å². The van der Waals surface area contributed by atoms with E-state index in [0.29, 0.717) is 12.2 Å². The van der Waals surface area contributed by atoms with Gasteiger partial charge in [-0.15, -0.1) is 0 Å². The van der Waals surface area contributed by atoms with Gasteiger partial charge in [-0.25, -0.2) is 0 Å². The molecule has 0 bridgehead atoms. The minimum atomic E-state index is -0.415. The fraction of sp³-hybridized carbons (Fsp3) is 0.115. The second-order valence-corrected chi connectivity index (χ2v) is 7.67. The van der Waals surface area contributed by atoms with Crippen molar-refractivity contribution in [1.29, 1.82) is 5.26 Å². The molecule has 1 aromatic heterocycles. The van der Waals surface area contributed by atoms with Crippen molar-refractivity contribution in [2.45, 2.75) is 20.4 Å².